The number of nitrogens with one attached hydrogen (secondary N) is 1. The van der Waals surface area contributed by atoms with E-state index in [0.29, 0.717) is 12.4 Å². The number of amides is 2. The van der Waals surface area contributed by atoms with Gasteiger partial charge < -0.3 is 15.0 Å². The molecule has 0 spiro atoms. The number of hydrogen-bond donors (Lipinski definition) is 1. The lowest BCUT2D eigenvalue weighted by atomic mass is 9.94. The number of nitrogens with zero attached hydrogens (tertiary/aromatic N) is 2. The monoisotopic (exact) mass is 713 g/mol. The van der Waals surface area contributed by atoms with Crippen molar-refractivity contribution in [3.63, 3.8) is 0 Å². The third-order valence-electron chi connectivity index (χ3n) is 9.06. The van der Waals surface area contributed by atoms with Crippen molar-refractivity contribution in [2.45, 2.75) is 80.8 Å². The van der Waals surface area contributed by atoms with Crippen LogP contribution in [0.2, 0.25) is 0 Å². The number of carbonyl (C=O) groups is 2. The average molecular weight is 714 g/mol. The molecule has 1 atom stereocenters. The Balaban J connectivity index is 1.59. The van der Waals surface area contributed by atoms with E-state index in [-0.39, 0.29) is 35.5 Å². The van der Waals surface area contributed by atoms with E-state index in [9.17, 15) is 18.0 Å². The van der Waals surface area contributed by atoms with Crippen molar-refractivity contribution in [3.05, 3.63) is 120 Å². The van der Waals surface area contributed by atoms with Gasteiger partial charge in [0.05, 0.1) is 17.2 Å². The Morgan fingerprint density at radius 3 is 2.18 bits per heavy atom. The van der Waals surface area contributed by atoms with E-state index in [1.807, 2.05) is 74.7 Å². The van der Waals surface area contributed by atoms with Crippen LogP contribution in [0.1, 0.15) is 55.7 Å². The number of hydrogen-bond acceptors (Lipinski definition) is 6. The molecular formula is C40H47N3O5S2. The summed E-state index contributed by atoms with van der Waals surface area (Å²) >= 11 is 1.51. The molecular weight excluding hydrogens is 667 g/mol. The van der Waals surface area contributed by atoms with Crippen molar-refractivity contribution in [2.75, 3.05) is 23.7 Å². The quantitative estimate of drug-likeness (QED) is 0.129. The number of aryl methyl sites for hydroxylation is 1. The first-order valence-corrected chi connectivity index (χ1v) is 19.9. The molecule has 4 aromatic rings. The van der Waals surface area contributed by atoms with E-state index in [1.165, 1.54) is 11.8 Å². The van der Waals surface area contributed by atoms with Crippen LogP contribution in [0.3, 0.4) is 0 Å². The van der Waals surface area contributed by atoms with Gasteiger partial charge in [-0.05, 0) is 80.5 Å². The van der Waals surface area contributed by atoms with Gasteiger partial charge in [0.2, 0.25) is 11.8 Å². The van der Waals surface area contributed by atoms with Gasteiger partial charge in [0.25, 0.3) is 10.0 Å². The number of anilines is 1. The number of sulfonamides is 1. The zero-order valence-electron chi connectivity index (χ0n) is 29.1. The third-order valence-corrected chi connectivity index (χ3v) is 11.6. The molecule has 4 aromatic carbocycles. The third kappa shape index (κ3) is 9.48. The predicted molar refractivity (Wildman–Crippen MR) is 201 cm³/mol. The van der Waals surface area contributed by atoms with Crippen LogP contribution in [0, 0.1) is 6.92 Å². The summed E-state index contributed by atoms with van der Waals surface area (Å²) in [6.45, 7) is 3.71. The van der Waals surface area contributed by atoms with Crippen molar-refractivity contribution in [2.24, 2.45) is 0 Å². The molecule has 10 heteroatoms. The van der Waals surface area contributed by atoms with Crippen LogP contribution in [0.4, 0.5) is 5.69 Å². The van der Waals surface area contributed by atoms with Crippen LogP contribution in [-0.2, 0) is 32.6 Å². The van der Waals surface area contributed by atoms with Crippen LogP contribution in [0.15, 0.2) is 113 Å². The Morgan fingerprint density at radius 2 is 1.52 bits per heavy atom. The maximum atomic E-state index is 14.9. The first-order chi connectivity index (χ1) is 24.2. The Morgan fingerprint density at radius 1 is 0.860 bits per heavy atom. The molecule has 1 fully saturated rings. The van der Waals surface area contributed by atoms with Crippen LogP contribution >= 0.6 is 11.8 Å². The number of thioether (sulfide) groups is 1. The van der Waals surface area contributed by atoms with Gasteiger partial charge in [0.15, 0.2) is 0 Å². The number of carbonyl (C=O) groups excluding carboxylic acids is 2. The molecule has 5 rings (SSSR count). The van der Waals surface area contributed by atoms with E-state index in [2.05, 4.69) is 5.32 Å². The highest BCUT2D eigenvalue weighted by Gasteiger charge is 2.36. The molecule has 1 N–H and O–H groups in total. The minimum absolute atomic E-state index is 0.0325. The SMILES string of the molecule is CCOc1ccccc1N(CC(=O)N(Cc1ccc(C)cc1)[C@H](Cc1ccccc1)C(=O)NC1CCCCC1)S(=O)(=O)c1ccc(SC)cc1. The molecule has 0 bridgehead atoms. The molecule has 0 radical (unpaired) electrons. The van der Waals surface area contributed by atoms with Gasteiger partial charge in [0, 0.05) is 23.9 Å². The van der Waals surface area contributed by atoms with Gasteiger partial charge >= 0.3 is 0 Å². The van der Waals surface area contributed by atoms with Crippen LogP contribution in [0.25, 0.3) is 0 Å². The molecule has 0 aromatic heterocycles. The molecule has 50 heavy (non-hydrogen) atoms. The maximum absolute atomic E-state index is 14.9. The first-order valence-electron chi connectivity index (χ1n) is 17.3. The number of ether oxygens (including phenoxy) is 1. The largest absolute Gasteiger partial charge is 0.492 e. The second-order valence-corrected chi connectivity index (χ2v) is 15.4. The second-order valence-electron chi connectivity index (χ2n) is 12.6. The molecule has 2 amide bonds. The lowest BCUT2D eigenvalue weighted by Crippen LogP contribution is -2.55. The lowest BCUT2D eigenvalue weighted by molar-refractivity contribution is -0.140. The number of para-hydroxylation sites is 2. The summed E-state index contributed by atoms with van der Waals surface area (Å²) in [4.78, 5) is 31.7. The van der Waals surface area contributed by atoms with Crippen molar-refractivity contribution >= 4 is 39.3 Å². The molecule has 0 aliphatic heterocycles. The lowest BCUT2D eigenvalue weighted by Gasteiger charge is -2.35. The molecule has 0 heterocycles. The van der Waals surface area contributed by atoms with Crippen LogP contribution in [0.5, 0.6) is 5.75 Å². The zero-order valence-corrected chi connectivity index (χ0v) is 30.7. The minimum atomic E-state index is -4.26. The normalized spacial score (nSPS) is 14.1. The Labute approximate surface area is 301 Å². The Hall–Kier alpha value is -4.28. The topological polar surface area (TPSA) is 96.0 Å². The Bertz CT molecular complexity index is 1810. The first kappa shape index (κ1) is 37.0. The second kappa shape index (κ2) is 17.6. The van der Waals surface area contributed by atoms with Crippen LogP contribution in [-0.4, -0.2) is 56.6 Å². The van der Waals surface area contributed by atoms with Crippen molar-refractivity contribution in [1.82, 2.24) is 10.2 Å². The van der Waals surface area contributed by atoms with Gasteiger partial charge in [-0.1, -0.05) is 91.6 Å². The Kier molecular flexibility index (Phi) is 13.0. The fourth-order valence-electron chi connectivity index (χ4n) is 6.32. The summed E-state index contributed by atoms with van der Waals surface area (Å²) in [5.74, 6) is -0.396. The zero-order chi connectivity index (χ0) is 35.5. The van der Waals surface area contributed by atoms with Crippen molar-refractivity contribution < 1.29 is 22.7 Å². The molecule has 0 saturated heterocycles. The van der Waals surface area contributed by atoms with Crippen molar-refractivity contribution in [3.8, 4) is 5.75 Å². The molecule has 1 aliphatic carbocycles. The summed E-state index contributed by atoms with van der Waals surface area (Å²) in [7, 11) is -4.26. The van der Waals surface area contributed by atoms with Crippen LogP contribution < -0.4 is 14.4 Å². The fraction of sp³-hybridized carbons (Fsp3) is 0.350. The standard InChI is InChI=1S/C40H47N3O5S2/c1-4-48-38-18-12-11-17-36(38)43(50(46,47)35-25-23-34(49-3)24-26-35)29-39(44)42(28-32-21-19-30(2)20-22-32)37(27-31-13-7-5-8-14-31)40(45)41-33-15-9-6-10-16-33/h5,7-8,11-14,17-26,33,37H,4,6,9-10,15-16,27-29H2,1-3H3,(H,41,45)/t37-/m1/s1. The minimum Gasteiger partial charge on any atom is -0.492 e. The van der Waals surface area contributed by atoms with E-state index in [4.69, 9.17) is 4.74 Å². The number of benzene rings is 4. The molecule has 8 nitrogen and oxygen atoms in total. The van der Waals surface area contributed by atoms with E-state index < -0.39 is 28.5 Å². The van der Waals surface area contributed by atoms with E-state index in [1.54, 1.807) is 53.4 Å². The molecule has 1 aliphatic rings. The highest BCUT2D eigenvalue weighted by Crippen LogP contribution is 2.33. The summed E-state index contributed by atoms with van der Waals surface area (Å²) < 4.78 is 36.0. The highest BCUT2D eigenvalue weighted by atomic mass is 32.2. The van der Waals surface area contributed by atoms with E-state index >= 15 is 0 Å². The predicted octanol–water partition coefficient (Wildman–Crippen LogP) is 7.40. The molecule has 1 saturated carbocycles. The van der Waals surface area contributed by atoms with E-state index in [0.717, 1.165) is 58.0 Å². The van der Waals surface area contributed by atoms with Gasteiger partial charge in [-0.3, -0.25) is 13.9 Å². The summed E-state index contributed by atoms with van der Waals surface area (Å²) in [6, 6.07) is 30.1. The molecule has 0 unspecified atom stereocenters. The highest BCUT2D eigenvalue weighted by molar-refractivity contribution is 7.98. The summed E-state index contributed by atoms with van der Waals surface area (Å²) in [6.07, 6.45) is 7.22. The number of rotatable bonds is 15. The van der Waals surface area contributed by atoms with Gasteiger partial charge in [-0.2, -0.15) is 0 Å². The van der Waals surface area contributed by atoms with Gasteiger partial charge in [0.1, 0.15) is 18.3 Å². The maximum Gasteiger partial charge on any atom is 0.264 e. The molecule has 264 valence electrons. The summed E-state index contributed by atoms with van der Waals surface area (Å²) in [5, 5.41) is 3.26. The van der Waals surface area contributed by atoms with Crippen molar-refractivity contribution in [1.29, 1.82) is 0 Å². The fourth-order valence-corrected chi connectivity index (χ4v) is 8.15. The smallest absolute Gasteiger partial charge is 0.264 e. The average Bonchev–Trinajstić information content (AvgIpc) is 3.14. The van der Waals surface area contributed by atoms with Gasteiger partial charge in [-0.25, -0.2) is 8.42 Å². The summed E-state index contributed by atoms with van der Waals surface area (Å²) in [5.41, 5.74) is 3.06. The van der Waals surface area contributed by atoms with Gasteiger partial charge in [-0.15, -0.1) is 11.8 Å².